The summed E-state index contributed by atoms with van der Waals surface area (Å²) in [5, 5.41) is 9.57. The number of carbonyl (C=O) groups is 3. The fourth-order valence-electron chi connectivity index (χ4n) is 3.66. The zero-order valence-electron chi connectivity index (χ0n) is 16.7. The lowest BCUT2D eigenvalue weighted by Crippen LogP contribution is -2.48. The Morgan fingerprint density at radius 2 is 1.90 bits per heavy atom. The molecule has 2 heterocycles. The molecule has 1 aliphatic heterocycles. The van der Waals surface area contributed by atoms with E-state index < -0.39 is 11.9 Å². The van der Waals surface area contributed by atoms with Crippen LogP contribution in [0.5, 0.6) is 0 Å². The average Bonchev–Trinajstić information content (AvgIpc) is 3.30. The van der Waals surface area contributed by atoms with E-state index in [1.54, 1.807) is 30.7 Å². The van der Waals surface area contributed by atoms with Crippen LogP contribution < -0.4 is 10.6 Å². The maximum atomic E-state index is 13.2. The van der Waals surface area contributed by atoms with E-state index in [1.807, 2.05) is 0 Å². The minimum absolute atomic E-state index is 0.200. The van der Waals surface area contributed by atoms with Crippen LogP contribution in [0.1, 0.15) is 34.6 Å². The van der Waals surface area contributed by atoms with E-state index in [0.717, 1.165) is 6.42 Å². The van der Waals surface area contributed by atoms with Gasteiger partial charge in [0.15, 0.2) is 0 Å². The molecule has 2 N–H and O–H groups in total. The summed E-state index contributed by atoms with van der Waals surface area (Å²) >= 11 is 0. The van der Waals surface area contributed by atoms with Crippen LogP contribution in [0, 0.1) is 19.7 Å². The fourth-order valence-corrected chi connectivity index (χ4v) is 3.66. The van der Waals surface area contributed by atoms with Crippen molar-refractivity contribution >= 4 is 17.7 Å². The quantitative estimate of drug-likeness (QED) is 0.784. The topological polar surface area (TPSA) is 96.3 Å². The predicted octanol–water partition coefficient (Wildman–Crippen LogP) is 1.10. The van der Waals surface area contributed by atoms with E-state index in [-0.39, 0.29) is 24.2 Å². The van der Waals surface area contributed by atoms with Crippen LogP contribution in [0.4, 0.5) is 4.39 Å². The molecular weight excluding hydrogens is 377 g/mol. The first-order valence-corrected chi connectivity index (χ1v) is 9.45. The summed E-state index contributed by atoms with van der Waals surface area (Å²) in [4.78, 5) is 38.6. The second-order valence-corrected chi connectivity index (χ2v) is 6.98. The molecule has 1 atom stereocenters. The first-order valence-electron chi connectivity index (χ1n) is 9.45. The Morgan fingerprint density at radius 3 is 2.55 bits per heavy atom. The highest BCUT2D eigenvalue weighted by molar-refractivity contribution is 5.99. The third kappa shape index (κ3) is 4.13. The SMILES string of the molecule is CNC(=O)C1CCCN1C(=O)CNC(=O)c1c(C)nn(-c2ccc(F)cc2)c1C. The van der Waals surface area contributed by atoms with Crippen LogP contribution in [0.25, 0.3) is 5.69 Å². The van der Waals surface area contributed by atoms with Crippen LogP contribution >= 0.6 is 0 Å². The number of amides is 3. The minimum Gasteiger partial charge on any atom is -0.357 e. The standard InChI is InChI=1S/C20H24FN5O3/c1-12-18(13(2)26(24-12)15-8-6-14(21)7-9-15)20(29)23-11-17(27)25-10-4-5-16(25)19(28)22-3/h6-9,16H,4-5,10-11H2,1-3H3,(H,22,28)(H,23,29). The van der Waals surface area contributed by atoms with E-state index in [4.69, 9.17) is 0 Å². The fraction of sp³-hybridized carbons (Fsp3) is 0.400. The summed E-state index contributed by atoms with van der Waals surface area (Å²) in [5.74, 6) is -1.28. The Labute approximate surface area is 168 Å². The number of aryl methyl sites for hydroxylation is 1. The highest BCUT2D eigenvalue weighted by Gasteiger charge is 2.33. The number of rotatable bonds is 5. The van der Waals surface area contributed by atoms with Gasteiger partial charge in [-0.25, -0.2) is 9.07 Å². The van der Waals surface area contributed by atoms with E-state index in [0.29, 0.717) is 35.6 Å². The molecule has 1 aromatic heterocycles. The number of hydrogen-bond donors (Lipinski definition) is 2. The van der Waals surface area contributed by atoms with Gasteiger partial charge in [-0.2, -0.15) is 5.10 Å². The van der Waals surface area contributed by atoms with Gasteiger partial charge < -0.3 is 15.5 Å². The largest absolute Gasteiger partial charge is 0.357 e. The van der Waals surface area contributed by atoms with Gasteiger partial charge in [0.1, 0.15) is 11.9 Å². The molecule has 9 heteroatoms. The Balaban J connectivity index is 1.70. The summed E-state index contributed by atoms with van der Waals surface area (Å²) in [5.41, 5.74) is 2.09. The first-order chi connectivity index (χ1) is 13.8. The first kappa shape index (κ1) is 20.5. The Bertz CT molecular complexity index is 938. The number of nitrogens with one attached hydrogen (secondary N) is 2. The number of nitrogens with zero attached hydrogens (tertiary/aromatic N) is 3. The van der Waals surface area contributed by atoms with Crippen molar-refractivity contribution < 1.29 is 18.8 Å². The number of likely N-dealkylation sites (tertiary alicyclic amines) is 1. The van der Waals surface area contributed by atoms with Gasteiger partial charge in [0.25, 0.3) is 5.91 Å². The zero-order valence-corrected chi connectivity index (χ0v) is 16.7. The van der Waals surface area contributed by atoms with Gasteiger partial charge >= 0.3 is 0 Å². The van der Waals surface area contributed by atoms with Crippen molar-refractivity contribution in [3.63, 3.8) is 0 Å². The molecular formula is C20H24FN5O3. The average molecular weight is 401 g/mol. The molecule has 3 amide bonds. The van der Waals surface area contributed by atoms with Gasteiger partial charge in [-0.3, -0.25) is 14.4 Å². The number of likely N-dealkylation sites (N-methyl/N-ethyl adjacent to an activating group) is 1. The molecule has 1 aliphatic rings. The summed E-state index contributed by atoms with van der Waals surface area (Å²) in [6.45, 7) is 3.73. The minimum atomic E-state index is -0.492. The van der Waals surface area contributed by atoms with Crippen LogP contribution in [0.15, 0.2) is 24.3 Å². The van der Waals surface area contributed by atoms with Crippen molar-refractivity contribution in [3.8, 4) is 5.69 Å². The molecule has 1 saturated heterocycles. The van der Waals surface area contributed by atoms with E-state index >= 15 is 0 Å². The number of carbonyl (C=O) groups excluding carboxylic acids is 3. The van der Waals surface area contributed by atoms with Gasteiger partial charge in [-0.1, -0.05) is 0 Å². The van der Waals surface area contributed by atoms with Crippen molar-refractivity contribution in [2.75, 3.05) is 20.1 Å². The predicted molar refractivity (Wildman–Crippen MR) is 104 cm³/mol. The van der Waals surface area contributed by atoms with Crippen molar-refractivity contribution in [1.29, 1.82) is 0 Å². The van der Waals surface area contributed by atoms with Gasteiger partial charge in [-0.15, -0.1) is 0 Å². The lowest BCUT2D eigenvalue weighted by molar-refractivity contribution is -0.137. The van der Waals surface area contributed by atoms with Gasteiger partial charge in [0.2, 0.25) is 11.8 Å². The lowest BCUT2D eigenvalue weighted by Gasteiger charge is -2.23. The van der Waals surface area contributed by atoms with E-state index in [1.165, 1.54) is 24.1 Å². The molecule has 0 spiro atoms. The maximum Gasteiger partial charge on any atom is 0.255 e. The molecule has 0 bridgehead atoms. The second-order valence-electron chi connectivity index (χ2n) is 6.98. The van der Waals surface area contributed by atoms with Crippen LogP contribution in [-0.4, -0.2) is 58.6 Å². The number of aromatic nitrogens is 2. The third-order valence-electron chi connectivity index (χ3n) is 5.11. The normalized spacial score (nSPS) is 16.0. The Kier molecular flexibility index (Phi) is 5.95. The Hall–Kier alpha value is -3.23. The van der Waals surface area contributed by atoms with Crippen LogP contribution in [0.2, 0.25) is 0 Å². The van der Waals surface area contributed by atoms with Gasteiger partial charge in [0, 0.05) is 13.6 Å². The number of hydrogen-bond acceptors (Lipinski definition) is 4. The molecule has 1 fully saturated rings. The van der Waals surface area contributed by atoms with Crippen LogP contribution in [0.3, 0.4) is 0 Å². The van der Waals surface area contributed by atoms with E-state index in [9.17, 15) is 18.8 Å². The van der Waals surface area contributed by atoms with Crippen molar-refractivity contribution in [3.05, 3.63) is 47.0 Å². The summed E-state index contributed by atoms with van der Waals surface area (Å²) < 4.78 is 14.7. The third-order valence-corrected chi connectivity index (χ3v) is 5.11. The summed E-state index contributed by atoms with van der Waals surface area (Å²) in [6.07, 6.45) is 1.36. The maximum absolute atomic E-state index is 13.2. The molecule has 8 nitrogen and oxygen atoms in total. The number of benzene rings is 1. The molecule has 29 heavy (non-hydrogen) atoms. The van der Waals surface area contributed by atoms with Gasteiger partial charge in [-0.05, 0) is 51.0 Å². The number of halogens is 1. The smallest absolute Gasteiger partial charge is 0.255 e. The molecule has 1 unspecified atom stereocenters. The highest BCUT2D eigenvalue weighted by Crippen LogP contribution is 2.19. The van der Waals surface area contributed by atoms with E-state index in [2.05, 4.69) is 15.7 Å². The molecule has 3 rings (SSSR count). The monoisotopic (exact) mass is 401 g/mol. The molecule has 1 aromatic carbocycles. The summed E-state index contributed by atoms with van der Waals surface area (Å²) in [6, 6.07) is 5.30. The Morgan fingerprint density at radius 1 is 1.21 bits per heavy atom. The zero-order chi connectivity index (χ0) is 21.1. The second kappa shape index (κ2) is 8.42. The molecule has 0 saturated carbocycles. The molecule has 2 aromatic rings. The molecule has 154 valence electrons. The molecule has 0 aliphatic carbocycles. The lowest BCUT2D eigenvalue weighted by atomic mass is 10.2. The van der Waals surface area contributed by atoms with Crippen molar-refractivity contribution in [1.82, 2.24) is 25.3 Å². The van der Waals surface area contributed by atoms with Crippen LogP contribution in [-0.2, 0) is 9.59 Å². The molecule has 0 radical (unpaired) electrons. The van der Waals surface area contributed by atoms with Gasteiger partial charge in [0.05, 0.1) is 29.2 Å². The van der Waals surface area contributed by atoms with Crippen molar-refractivity contribution in [2.45, 2.75) is 32.7 Å². The van der Waals surface area contributed by atoms with Crippen molar-refractivity contribution in [2.24, 2.45) is 0 Å². The summed E-state index contributed by atoms with van der Waals surface area (Å²) in [7, 11) is 1.54. The highest BCUT2D eigenvalue weighted by atomic mass is 19.1.